The second kappa shape index (κ2) is 7.50. The molecule has 4 heteroatoms. The Bertz CT molecular complexity index is 435. The molecule has 20 heavy (non-hydrogen) atoms. The van der Waals surface area contributed by atoms with Crippen LogP contribution in [0, 0.1) is 0 Å². The minimum absolute atomic E-state index is 0.836. The molecule has 4 nitrogen and oxygen atoms in total. The Labute approximate surface area is 122 Å². The van der Waals surface area contributed by atoms with Crippen LogP contribution in [0.4, 0.5) is 0 Å². The molecule has 0 amide bonds. The van der Waals surface area contributed by atoms with E-state index in [-0.39, 0.29) is 0 Å². The van der Waals surface area contributed by atoms with Crippen molar-refractivity contribution < 1.29 is 9.47 Å². The zero-order valence-electron chi connectivity index (χ0n) is 12.9. The summed E-state index contributed by atoms with van der Waals surface area (Å²) in [6, 6.07) is 4.26. The fourth-order valence-corrected chi connectivity index (χ4v) is 2.77. The average molecular weight is 278 g/mol. The molecule has 2 rings (SSSR count). The fraction of sp³-hybridized carbons (Fsp3) is 0.625. The number of fused-ring (bicyclic) bond motifs is 1. The summed E-state index contributed by atoms with van der Waals surface area (Å²) in [5, 5.41) is 3.20. The molecule has 0 bridgehead atoms. The van der Waals surface area contributed by atoms with Gasteiger partial charge in [0.1, 0.15) is 0 Å². The topological polar surface area (TPSA) is 33.7 Å². The van der Waals surface area contributed by atoms with Crippen LogP contribution in [-0.2, 0) is 13.0 Å². The Balaban J connectivity index is 1.98. The number of hydrogen-bond donors (Lipinski definition) is 1. The van der Waals surface area contributed by atoms with Gasteiger partial charge in [-0.1, -0.05) is 0 Å². The average Bonchev–Trinajstić information content (AvgIpc) is 2.50. The zero-order valence-corrected chi connectivity index (χ0v) is 12.9. The number of nitrogens with zero attached hydrogens (tertiary/aromatic N) is 1. The SMILES string of the molecule is CNCCCCN1CCc2cc(OC)c(OC)cc2C1. The molecule has 0 spiro atoms. The van der Waals surface area contributed by atoms with Gasteiger partial charge in [-0.3, -0.25) is 4.90 Å². The summed E-state index contributed by atoms with van der Waals surface area (Å²) in [5.41, 5.74) is 2.77. The highest BCUT2D eigenvalue weighted by Gasteiger charge is 2.18. The molecule has 0 aliphatic carbocycles. The Hall–Kier alpha value is -1.26. The van der Waals surface area contributed by atoms with E-state index in [2.05, 4.69) is 22.3 Å². The number of benzene rings is 1. The van der Waals surface area contributed by atoms with Crippen LogP contribution < -0.4 is 14.8 Å². The van der Waals surface area contributed by atoms with Gasteiger partial charge in [0.05, 0.1) is 14.2 Å². The van der Waals surface area contributed by atoms with E-state index in [1.54, 1.807) is 14.2 Å². The lowest BCUT2D eigenvalue weighted by Gasteiger charge is -2.29. The van der Waals surface area contributed by atoms with Gasteiger partial charge in [0.15, 0.2) is 11.5 Å². The number of ether oxygens (including phenoxy) is 2. The van der Waals surface area contributed by atoms with E-state index in [9.17, 15) is 0 Å². The van der Waals surface area contributed by atoms with Crippen molar-refractivity contribution in [2.75, 3.05) is 40.9 Å². The van der Waals surface area contributed by atoms with Crippen molar-refractivity contribution in [3.05, 3.63) is 23.3 Å². The van der Waals surface area contributed by atoms with Crippen molar-refractivity contribution in [2.24, 2.45) is 0 Å². The van der Waals surface area contributed by atoms with Crippen molar-refractivity contribution in [2.45, 2.75) is 25.8 Å². The first-order valence-electron chi connectivity index (χ1n) is 7.39. The molecule has 1 aromatic rings. The summed E-state index contributed by atoms with van der Waals surface area (Å²) in [7, 11) is 5.40. The number of hydrogen-bond acceptors (Lipinski definition) is 4. The number of rotatable bonds is 7. The van der Waals surface area contributed by atoms with Crippen LogP contribution >= 0.6 is 0 Å². The first kappa shape index (κ1) is 15.1. The van der Waals surface area contributed by atoms with E-state index in [0.717, 1.165) is 37.6 Å². The van der Waals surface area contributed by atoms with Gasteiger partial charge in [-0.05, 0) is 62.7 Å². The minimum Gasteiger partial charge on any atom is -0.493 e. The number of unbranched alkanes of at least 4 members (excludes halogenated alkanes) is 1. The van der Waals surface area contributed by atoms with Gasteiger partial charge < -0.3 is 14.8 Å². The normalized spacial score (nSPS) is 14.9. The van der Waals surface area contributed by atoms with Crippen molar-refractivity contribution in [1.29, 1.82) is 0 Å². The van der Waals surface area contributed by atoms with E-state index >= 15 is 0 Å². The molecule has 0 saturated heterocycles. The zero-order chi connectivity index (χ0) is 14.4. The van der Waals surface area contributed by atoms with E-state index in [0.29, 0.717) is 0 Å². The van der Waals surface area contributed by atoms with E-state index < -0.39 is 0 Å². The third-order valence-electron chi connectivity index (χ3n) is 3.95. The smallest absolute Gasteiger partial charge is 0.161 e. The molecule has 0 radical (unpaired) electrons. The lowest BCUT2D eigenvalue weighted by atomic mass is 9.98. The first-order valence-corrected chi connectivity index (χ1v) is 7.39. The van der Waals surface area contributed by atoms with Crippen molar-refractivity contribution >= 4 is 0 Å². The van der Waals surface area contributed by atoms with Crippen LogP contribution in [0.2, 0.25) is 0 Å². The van der Waals surface area contributed by atoms with Crippen LogP contribution in [0.25, 0.3) is 0 Å². The minimum atomic E-state index is 0.836. The monoisotopic (exact) mass is 278 g/mol. The molecule has 1 aliphatic rings. The van der Waals surface area contributed by atoms with Crippen molar-refractivity contribution in [3.63, 3.8) is 0 Å². The summed E-state index contributed by atoms with van der Waals surface area (Å²) in [4.78, 5) is 2.53. The molecule has 0 aromatic heterocycles. The highest BCUT2D eigenvalue weighted by molar-refractivity contribution is 5.48. The van der Waals surface area contributed by atoms with Crippen molar-refractivity contribution in [3.8, 4) is 11.5 Å². The van der Waals surface area contributed by atoms with Crippen LogP contribution in [0.3, 0.4) is 0 Å². The van der Waals surface area contributed by atoms with Crippen molar-refractivity contribution in [1.82, 2.24) is 10.2 Å². The second-order valence-corrected chi connectivity index (χ2v) is 5.31. The summed E-state index contributed by atoms with van der Waals surface area (Å²) in [6.45, 7) is 4.45. The quantitative estimate of drug-likeness (QED) is 0.774. The summed E-state index contributed by atoms with van der Waals surface area (Å²) in [5.74, 6) is 1.68. The molecular weight excluding hydrogens is 252 g/mol. The maximum Gasteiger partial charge on any atom is 0.161 e. The lowest BCUT2D eigenvalue weighted by Crippen LogP contribution is -2.31. The molecule has 1 aromatic carbocycles. The van der Waals surface area contributed by atoms with E-state index in [1.165, 1.54) is 30.5 Å². The fourth-order valence-electron chi connectivity index (χ4n) is 2.77. The number of nitrogens with one attached hydrogen (secondary N) is 1. The molecule has 0 fully saturated rings. The summed E-state index contributed by atoms with van der Waals surface area (Å²) >= 11 is 0. The Morgan fingerprint density at radius 3 is 2.45 bits per heavy atom. The van der Waals surface area contributed by atoms with Gasteiger partial charge in [0.25, 0.3) is 0 Å². The highest BCUT2D eigenvalue weighted by Crippen LogP contribution is 2.33. The van der Waals surface area contributed by atoms with Gasteiger partial charge in [-0.15, -0.1) is 0 Å². The first-order chi connectivity index (χ1) is 9.78. The van der Waals surface area contributed by atoms with Gasteiger partial charge in [0, 0.05) is 13.1 Å². The molecule has 0 atom stereocenters. The molecule has 1 aliphatic heterocycles. The summed E-state index contributed by atoms with van der Waals surface area (Å²) < 4.78 is 10.8. The predicted octanol–water partition coefficient (Wildman–Crippen LogP) is 2.06. The molecule has 1 N–H and O–H groups in total. The van der Waals surface area contributed by atoms with E-state index in [1.807, 2.05) is 7.05 Å². The van der Waals surface area contributed by atoms with Gasteiger partial charge in [-0.25, -0.2) is 0 Å². The number of methoxy groups -OCH3 is 2. The van der Waals surface area contributed by atoms with Crippen LogP contribution in [0.5, 0.6) is 11.5 Å². The predicted molar refractivity (Wildman–Crippen MR) is 81.7 cm³/mol. The molecule has 0 saturated carbocycles. The van der Waals surface area contributed by atoms with Crippen LogP contribution in [0.15, 0.2) is 12.1 Å². The standard InChI is InChI=1S/C16H26N2O2/c1-17-7-4-5-8-18-9-6-13-10-15(19-2)16(20-3)11-14(13)12-18/h10-11,17H,4-9,12H2,1-3H3. The largest absolute Gasteiger partial charge is 0.493 e. The highest BCUT2D eigenvalue weighted by atomic mass is 16.5. The van der Waals surface area contributed by atoms with Crippen LogP contribution in [0.1, 0.15) is 24.0 Å². The third kappa shape index (κ3) is 3.64. The third-order valence-corrected chi connectivity index (χ3v) is 3.95. The van der Waals surface area contributed by atoms with Crippen LogP contribution in [-0.4, -0.2) is 45.8 Å². The molecule has 1 heterocycles. The van der Waals surface area contributed by atoms with Gasteiger partial charge >= 0.3 is 0 Å². The Kier molecular flexibility index (Phi) is 5.68. The van der Waals surface area contributed by atoms with Gasteiger partial charge in [0.2, 0.25) is 0 Å². The van der Waals surface area contributed by atoms with E-state index in [4.69, 9.17) is 9.47 Å². The maximum absolute atomic E-state index is 5.40. The maximum atomic E-state index is 5.40. The molecule has 0 unspecified atom stereocenters. The lowest BCUT2D eigenvalue weighted by molar-refractivity contribution is 0.247. The second-order valence-electron chi connectivity index (χ2n) is 5.31. The molecule has 112 valence electrons. The summed E-state index contributed by atoms with van der Waals surface area (Å²) in [6.07, 6.45) is 3.59. The Morgan fingerprint density at radius 2 is 1.80 bits per heavy atom. The Morgan fingerprint density at radius 1 is 1.10 bits per heavy atom. The van der Waals surface area contributed by atoms with Gasteiger partial charge in [-0.2, -0.15) is 0 Å². The molecular formula is C16H26N2O2.